The molecule has 10 nitrogen and oxygen atoms in total. The van der Waals surface area contributed by atoms with Gasteiger partial charge in [0, 0.05) is 17.8 Å². The van der Waals surface area contributed by atoms with Crippen LogP contribution in [0.15, 0.2) is 108 Å². The van der Waals surface area contributed by atoms with Crippen LogP contribution in [0.25, 0.3) is 0 Å². The van der Waals surface area contributed by atoms with E-state index in [-0.39, 0.29) is 22.9 Å². The molecule has 47 heavy (non-hydrogen) atoms. The van der Waals surface area contributed by atoms with Crippen LogP contribution in [0.1, 0.15) is 40.8 Å². The van der Waals surface area contributed by atoms with Gasteiger partial charge in [-0.3, -0.25) is 4.90 Å². The predicted molar refractivity (Wildman–Crippen MR) is 164 cm³/mol. The first-order valence-corrected chi connectivity index (χ1v) is 14.6. The van der Waals surface area contributed by atoms with E-state index in [1.165, 1.54) is 28.7 Å². The molecule has 2 aromatic heterocycles. The molecule has 0 saturated carbocycles. The third-order valence-corrected chi connectivity index (χ3v) is 8.14. The summed E-state index contributed by atoms with van der Waals surface area (Å²) in [6.07, 6.45) is 1.67. The maximum atomic E-state index is 13.7. The number of hydrogen-bond acceptors (Lipinski definition) is 6. The summed E-state index contributed by atoms with van der Waals surface area (Å²) >= 11 is 0. The average molecular weight is 641 g/mol. The quantitative estimate of drug-likeness (QED) is 0.188. The number of methoxy groups -OCH3 is 1. The van der Waals surface area contributed by atoms with Gasteiger partial charge in [-0.25, -0.2) is 28.4 Å². The van der Waals surface area contributed by atoms with Crippen LogP contribution in [0, 0.1) is 11.3 Å². The van der Waals surface area contributed by atoms with E-state index >= 15 is 0 Å². The number of benzene rings is 3. The molecule has 1 aliphatic heterocycles. The zero-order valence-corrected chi connectivity index (χ0v) is 25.4. The Morgan fingerprint density at radius 1 is 1.11 bits per heavy atom. The van der Waals surface area contributed by atoms with Gasteiger partial charge in [-0.2, -0.15) is 18.4 Å². The normalized spacial score (nSPS) is 14.6. The smallest absolute Gasteiger partial charge is 0.416 e. The number of aryl methyl sites for hydroxylation is 2. The number of carbonyl (C=O) groups is 1. The highest BCUT2D eigenvalue weighted by Crippen LogP contribution is 2.43. The molecule has 0 radical (unpaired) electrons. The highest BCUT2D eigenvalue weighted by atomic mass is 19.4. The van der Waals surface area contributed by atoms with Crippen molar-refractivity contribution in [2.24, 2.45) is 0 Å². The Labute approximate surface area is 267 Å². The zero-order valence-electron chi connectivity index (χ0n) is 25.4. The second kappa shape index (κ2) is 12.5. The van der Waals surface area contributed by atoms with Crippen molar-refractivity contribution in [3.05, 3.63) is 141 Å². The number of H-pyrrole nitrogens is 1. The second-order valence-electron chi connectivity index (χ2n) is 11.1. The topological polar surface area (TPSA) is 113 Å². The Morgan fingerprint density at radius 2 is 1.89 bits per heavy atom. The number of rotatable bonds is 8. The van der Waals surface area contributed by atoms with Crippen LogP contribution in [-0.2, 0) is 35.2 Å². The Hall–Kier alpha value is -5.90. The van der Waals surface area contributed by atoms with Crippen LogP contribution >= 0.6 is 0 Å². The molecule has 238 valence electrons. The summed E-state index contributed by atoms with van der Waals surface area (Å²) in [7, 11) is 1.19. The monoisotopic (exact) mass is 640 g/mol. The molecule has 0 spiro atoms. The predicted octanol–water partition coefficient (Wildman–Crippen LogP) is 5.03. The van der Waals surface area contributed by atoms with E-state index in [2.05, 4.69) is 16.3 Å². The van der Waals surface area contributed by atoms with Gasteiger partial charge in [0.25, 0.3) is 0 Å². The maximum Gasteiger partial charge on any atom is 0.416 e. The number of halogens is 3. The third-order valence-electron chi connectivity index (χ3n) is 8.14. The minimum absolute atomic E-state index is 0.00727. The van der Waals surface area contributed by atoms with Crippen LogP contribution in [0.3, 0.4) is 0 Å². The summed E-state index contributed by atoms with van der Waals surface area (Å²) in [5, 5.41) is 16.3. The third kappa shape index (κ3) is 6.05. The van der Waals surface area contributed by atoms with Crippen LogP contribution in [0.4, 0.5) is 24.8 Å². The lowest BCUT2D eigenvalue weighted by Crippen LogP contribution is -2.38. The van der Waals surface area contributed by atoms with Crippen molar-refractivity contribution >= 4 is 17.6 Å². The van der Waals surface area contributed by atoms with Crippen molar-refractivity contribution in [3.63, 3.8) is 0 Å². The Kier molecular flexibility index (Phi) is 8.25. The number of alkyl halides is 3. The molecule has 5 aromatic rings. The average Bonchev–Trinajstić information content (AvgIpc) is 3.68. The van der Waals surface area contributed by atoms with Crippen molar-refractivity contribution in [1.82, 2.24) is 19.3 Å². The van der Waals surface area contributed by atoms with E-state index in [1.54, 1.807) is 25.1 Å². The minimum Gasteiger partial charge on any atom is -0.466 e. The van der Waals surface area contributed by atoms with E-state index in [1.807, 2.05) is 58.2 Å². The van der Waals surface area contributed by atoms with Crippen LogP contribution in [0.5, 0.6) is 0 Å². The molecule has 3 aromatic carbocycles. The first-order valence-electron chi connectivity index (χ1n) is 14.6. The molecule has 1 atom stereocenters. The van der Waals surface area contributed by atoms with Crippen molar-refractivity contribution in [3.8, 4) is 6.07 Å². The first kappa shape index (κ1) is 31.1. The number of imidazole rings is 1. The lowest BCUT2D eigenvalue weighted by Gasteiger charge is -2.36. The molecule has 0 amide bonds. The number of allylic oxidation sites excluding steroid dienone is 1. The SMILES string of the molecule is COC(=O)C1=C(C)N(c2cccc(C(F)(F)F)c2)c2n[nH]c(=O)n2[C@@H]1c1ccc(C#N)cc1CC[n+]1ccn(Cc2ccccc2)c1. The number of aromatic amines is 1. The lowest BCUT2D eigenvalue weighted by atomic mass is 9.89. The minimum atomic E-state index is -4.62. The lowest BCUT2D eigenvalue weighted by molar-refractivity contribution is -0.696. The molecule has 13 heteroatoms. The highest BCUT2D eigenvalue weighted by molar-refractivity contribution is 5.93. The molecule has 6 rings (SSSR count). The molecule has 1 aliphatic rings. The van der Waals surface area contributed by atoms with E-state index in [0.29, 0.717) is 36.2 Å². The molecule has 1 N–H and O–H groups in total. The van der Waals surface area contributed by atoms with Gasteiger partial charge < -0.3 is 4.74 Å². The van der Waals surface area contributed by atoms with E-state index < -0.39 is 29.4 Å². The molecule has 0 saturated heterocycles. The van der Waals surface area contributed by atoms with Gasteiger partial charge in [0.15, 0.2) is 0 Å². The van der Waals surface area contributed by atoms with E-state index in [4.69, 9.17) is 4.74 Å². The van der Waals surface area contributed by atoms with Crippen molar-refractivity contribution in [2.75, 3.05) is 12.0 Å². The van der Waals surface area contributed by atoms with Crippen LogP contribution in [-0.4, -0.2) is 32.4 Å². The molecule has 0 unspecified atom stereocenters. The summed E-state index contributed by atoms with van der Waals surface area (Å²) in [5.41, 5.74) is 1.50. The summed E-state index contributed by atoms with van der Waals surface area (Å²) in [4.78, 5) is 28.2. The largest absolute Gasteiger partial charge is 0.466 e. The molecule has 3 heterocycles. The van der Waals surface area contributed by atoms with Gasteiger partial charge in [0.05, 0.1) is 36.4 Å². The van der Waals surface area contributed by atoms with Crippen LogP contribution in [0.2, 0.25) is 0 Å². The maximum absolute atomic E-state index is 13.7. The highest BCUT2D eigenvalue weighted by Gasteiger charge is 2.41. The Balaban J connectivity index is 1.43. The van der Waals surface area contributed by atoms with E-state index in [0.717, 1.165) is 17.7 Å². The van der Waals surface area contributed by atoms with Crippen molar-refractivity contribution in [1.29, 1.82) is 5.26 Å². The molecule has 0 aliphatic carbocycles. The summed E-state index contributed by atoms with van der Waals surface area (Å²) < 4.78 is 51.4. The first-order chi connectivity index (χ1) is 22.6. The van der Waals surface area contributed by atoms with Crippen molar-refractivity contribution in [2.45, 2.75) is 38.7 Å². The van der Waals surface area contributed by atoms with Crippen LogP contribution < -0.4 is 15.2 Å². The number of fused-ring (bicyclic) bond motifs is 1. The standard InChI is InChI=1S/C34H28F3N7O3/c1-22-29(31(45)47-2)30(44-32(39-40-33(44)46)43(22)27-10-6-9-26(18-27)34(35,36)37)28-12-11-24(19-38)17-25(28)13-14-41-15-16-42(21-41)20-23-7-4-3-5-8-23/h3-12,15-18,21,30H,13-14,20H2,1-2H3/p+1/t30-/m1/s1. The van der Waals surface area contributed by atoms with Gasteiger partial charge in [-0.05, 0) is 53.9 Å². The van der Waals surface area contributed by atoms with Gasteiger partial charge in [-0.15, -0.1) is 5.10 Å². The van der Waals surface area contributed by atoms with Gasteiger partial charge in [-0.1, -0.05) is 42.5 Å². The number of esters is 1. The number of nitrogens with one attached hydrogen (secondary N) is 1. The number of anilines is 2. The summed E-state index contributed by atoms with van der Waals surface area (Å²) in [6.45, 7) is 2.76. The van der Waals surface area contributed by atoms with E-state index in [9.17, 15) is 28.0 Å². The number of nitriles is 1. The number of nitrogens with zero attached hydrogens (tertiary/aromatic N) is 6. The molecule has 0 fully saturated rings. The second-order valence-corrected chi connectivity index (χ2v) is 11.1. The number of carbonyl (C=O) groups excluding carboxylic acids is 1. The summed E-state index contributed by atoms with van der Waals surface area (Å²) in [5.74, 6) is -0.780. The fraction of sp³-hybridized carbons (Fsp3) is 0.206. The Bertz CT molecular complexity index is 2090. The molecular formula is C34H29F3N7O3+. The number of hydrogen-bond donors (Lipinski definition) is 1. The fourth-order valence-electron chi connectivity index (χ4n) is 5.95. The molecule has 0 bridgehead atoms. The van der Waals surface area contributed by atoms with Gasteiger partial charge in [0.2, 0.25) is 12.3 Å². The molecular weight excluding hydrogens is 611 g/mol. The zero-order chi connectivity index (χ0) is 33.3. The van der Waals surface area contributed by atoms with Gasteiger partial charge in [0.1, 0.15) is 25.0 Å². The fourth-order valence-corrected chi connectivity index (χ4v) is 5.95. The summed E-state index contributed by atoms with van der Waals surface area (Å²) in [6, 6.07) is 20.6. The Morgan fingerprint density at radius 3 is 2.62 bits per heavy atom. The van der Waals surface area contributed by atoms with Crippen molar-refractivity contribution < 1.29 is 27.3 Å². The number of aromatic nitrogens is 5. The number of ether oxygens (including phenoxy) is 1. The van der Waals surface area contributed by atoms with Gasteiger partial charge >= 0.3 is 17.8 Å².